The first kappa shape index (κ1) is 15.7. The van der Waals surface area contributed by atoms with Gasteiger partial charge in [0.1, 0.15) is 0 Å². The minimum absolute atomic E-state index is 0.0461. The summed E-state index contributed by atoms with van der Waals surface area (Å²) in [6.45, 7) is 1.55. The molecule has 1 amide bonds. The minimum atomic E-state index is -3.44. The zero-order valence-electron chi connectivity index (χ0n) is 11.3. The van der Waals surface area contributed by atoms with E-state index in [1.54, 1.807) is 43.3 Å². The van der Waals surface area contributed by atoms with Crippen LogP contribution < -0.4 is 5.32 Å². The number of anilines is 1. The topological polar surface area (TPSA) is 63.2 Å². The molecule has 4 nitrogen and oxygen atoms in total. The molecule has 1 N–H and O–H groups in total. The zero-order chi connectivity index (χ0) is 15.5. The molecule has 0 aliphatic heterocycles. The maximum absolute atomic E-state index is 12.3. The molecule has 0 saturated heterocycles. The van der Waals surface area contributed by atoms with Crippen LogP contribution in [0.5, 0.6) is 0 Å². The first-order valence-electron chi connectivity index (χ1n) is 6.33. The van der Waals surface area contributed by atoms with Gasteiger partial charge in [0.15, 0.2) is 9.84 Å². The third kappa shape index (κ3) is 3.71. The number of hydrogen-bond acceptors (Lipinski definition) is 3. The van der Waals surface area contributed by atoms with E-state index < -0.39 is 15.7 Å². The zero-order valence-corrected chi connectivity index (χ0v) is 13.7. The fraction of sp³-hybridized carbons (Fsp3) is 0.133. The summed E-state index contributed by atoms with van der Waals surface area (Å²) in [5.74, 6) is -0.486. The second-order valence-corrected chi connectivity index (χ2v) is 7.52. The lowest BCUT2D eigenvalue weighted by atomic mass is 10.2. The maximum atomic E-state index is 12.3. The Morgan fingerprint density at radius 1 is 1.10 bits per heavy atom. The summed E-state index contributed by atoms with van der Waals surface area (Å²) >= 11 is 3.31. The van der Waals surface area contributed by atoms with E-state index >= 15 is 0 Å². The molecule has 6 heteroatoms. The number of halogens is 1. The Balaban J connectivity index is 2.34. The average molecular weight is 368 g/mol. The monoisotopic (exact) mass is 367 g/mol. The molecule has 21 heavy (non-hydrogen) atoms. The molecule has 2 aromatic rings. The number of amides is 1. The van der Waals surface area contributed by atoms with E-state index in [-0.39, 0.29) is 16.2 Å². The summed E-state index contributed by atoms with van der Waals surface area (Å²) in [6, 6.07) is 13.3. The number of hydrogen-bond donors (Lipinski definition) is 1. The van der Waals surface area contributed by atoms with Crippen molar-refractivity contribution in [2.24, 2.45) is 0 Å². The second-order valence-electron chi connectivity index (χ2n) is 4.36. The van der Waals surface area contributed by atoms with Gasteiger partial charge in [0.25, 0.3) is 5.91 Å². The lowest BCUT2D eigenvalue weighted by Crippen LogP contribution is -2.17. The third-order valence-electron chi connectivity index (χ3n) is 2.95. The number of rotatable bonds is 4. The lowest BCUT2D eigenvalue weighted by Gasteiger charge is -2.10. The third-order valence-corrected chi connectivity index (χ3v) is 5.26. The van der Waals surface area contributed by atoms with Gasteiger partial charge in [-0.25, -0.2) is 8.42 Å². The predicted molar refractivity (Wildman–Crippen MR) is 86.3 cm³/mol. The van der Waals surface area contributed by atoms with Crippen molar-refractivity contribution in [3.8, 4) is 0 Å². The standard InChI is InChI=1S/C15H14BrNO3S/c1-2-21(19,20)14-6-4-3-5-13(14)15(18)17-12-9-7-11(16)8-10-12/h3-10H,2H2,1H3,(H,17,18). The number of carbonyl (C=O) groups is 1. The van der Waals surface area contributed by atoms with Gasteiger partial charge in [-0.2, -0.15) is 0 Å². The van der Waals surface area contributed by atoms with Crippen molar-refractivity contribution in [1.29, 1.82) is 0 Å². The first-order valence-corrected chi connectivity index (χ1v) is 8.77. The Labute approximate surface area is 132 Å². The van der Waals surface area contributed by atoms with Crippen LogP contribution in [-0.4, -0.2) is 20.1 Å². The van der Waals surface area contributed by atoms with Crippen LogP contribution >= 0.6 is 15.9 Å². The summed E-state index contributed by atoms with van der Waals surface area (Å²) in [6.07, 6.45) is 0. The molecule has 2 aromatic carbocycles. The highest BCUT2D eigenvalue weighted by Crippen LogP contribution is 2.20. The maximum Gasteiger partial charge on any atom is 0.256 e. The van der Waals surface area contributed by atoms with Crippen molar-refractivity contribution in [1.82, 2.24) is 0 Å². The van der Waals surface area contributed by atoms with Gasteiger partial charge in [0.05, 0.1) is 16.2 Å². The molecule has 0 radical (unpaired) electrons. The van der Waals surface area contributed by atoms with Crippen LogP contribution in [0.15, 0.2) is 57.9 Å². The summed E-state index contributed by atoms with van der Waals surface area (Å²) in [4.78, 5) is 12.4. The highest BCUT2D eigenvalue weighted by molar-refractivity contribution is 9.10. The fourth-order valence-electron chi connectivity index (χ4n) is 1.81. The lowest BCUT2D eigenvalue weighted by molar-refractivity contribution is 0.102. The molecule has 0 fully saturated rings. The van der Waals surface area contributed by atoms with E-state index in [2.05, 4.69) is 21.2 Å². The quantitative estimate of drug-likeness (QED) is 0.899. The van der Waals surface area contributed by atoms with Crippen molar-refractivity contribution < 1.29 is 13.2 Å². The molecular formula is C15H14BrNO3S. The summed E-state index contributed by atoms with van der Waals surface area (Å²) in [5.41, 5.74) is 0.758. The number of carbonyl (C=O) groups excluding carboxylic acids is 1. The Hall–Kier alpha value is -1.66. The van der Waals surface area contributed by atoms with Crippen LogP contribution in [0.4, 0.5) is 5.69 Å². The molecule has 110 valence electrons. The number of sulfone groups is 1. The number of nitrogens with one attached hydrogen (secondary N) is 1. The molecule has 0 aromatic heterocycles. The van der Waals surface area contributed by atoms with Crippen molar-refractivity contribution in [2.75, 3.05) is 11.1 Å². The Bertz CT molecular complexity index is 755. The van der Waals surface area contributed by atoms with Crippen LogP contribution in [-0.2, 0) is 9.84 Å². The van der Waals surface area contributed by atoms with Gasteiger partial charge >= 0.3 is 0 Å². The molecule has 0 heterocycles. The van der Waals surface area contributed by atoms with Crippen molar-refractivity contribution in [3.05, 3.63) is 58.6 Å². The van der Waals surface area contributed by atoms with Gasteiger partial charge in [0, 0.05) is 10.2 Å². The fourth-order valence-corrected chi connectivity index (χ4v) is 3.17. The second kappa shape index (κ2) is 6.41. The van der Waals surface area contributed by atoms with E-state index in [0.717, 1.165) is 4.47 Å². The van der Waals surface area contributed by atoms with E-state index in [9.17, 15) is 13.2 Å². The molecule has 0 spiro atoms. The minimum Gasteiger partial charge on any atom is -0.322 e. The van der Waals surface area contributed by atoms with E-state index in [4.69, 9.17) is 0 Å². The van der Waals surface area contributed by atoms with Gasteiger partial charge in [-0.3, -0.25) is 4.79 Å². The molecule has 0 aliphatic rings. The molecule has 0 unspecified atom stereocenters. The number of benzene rings is 2. The van der Waals surface area contributed by atoms with E-state index in [1.165, 1.54) is 12.1 Å². The molecule has 0 aliphatic carbocycles. The van der Waals surface area contributed by atoms with Crippen LogP contribution in [0.25, 0.3) is 0 Å². The van der Waals surface area contributed by atoms with Crippen LogP contribution in [0.2, 0.25) is 0 Å². The van der Waals surface area contributed by atoms with Gasteiger partial charge in [-0.05, 0) is 36.4 Å². The predicted octanol–water partition coefficient (Wildman–Crippen LogP) is 3.50. The largest absolute Gasteiger partial charge is 0.322 e. The molecule has 2 rings (SSSR count). The highest BCUT2D eigenvalue weighted by Gasteiger charge is 2.20. The van der Waals surface area contributed by atoms with Gasteiger partial charge in [-0.1, -0.05) is 35.0 Å². The van der Waals surface area contributed by atoms with Crippen LogP contribution in [0.3, 0.4) is 0 Å². The van der Waals surface area contributed by atoms with Gasteiger partial charge < -0.3 is 5.32 Å². The Kier molecular flexibility index (Phi) is 4.80. The van der Waals surface area contributed by atoms with Crippen molar-refractivity contribution >= 4 is 37.4 Å². The highest BCUT2D eigenvalue weighted by atomic mass is 79.9. The molecule has 0 atom stereocenters. The summed E-state index contributed by atoms with van der Waals surface area (Å²) in [7, 11) is -3.44. The van der Waals surface area contributed by atoms with Gasteiger partial charge in [-0.15, -0.1) is 0 Å². The van der Waals surface area contributed by atoms with E-state index in [1.807, 2.05) is 0 Å². The molecule has 0 saturated carbocycles. The summed E-state index contributed by atoms with van der Waals surface area (Å²) in [5, 5.41) is 2.70. The molecular weight excluding hydrogens is 354 g/mol. The SMILES string of the molecule is CCS(=O)(=O)c1ccccc1C(=O)Nc1ccc(Br)cc1. The molecule has 0 bridgehead atoms. The Morgan fingerprint density at radius 2 is 1.71 bits per heavy atom. The van der Waals surface area contributed by atoms with Gasteiger partial charge in [0.2, 0.25) is 0 Å². The Morgan fingerprint density at radius 3 is 2.33 bits per heavy atom. The first-order chi connectivity index (χ1) is 9.94. The smallest absolute Gasteiger partial charge is 0.256 e. The van der Waals surface area contributed by atoms with Crippen molar-refractivity contribution in [2.45, 2.75) is 11.8 Å². The average Bonchev–Trinajstić information content (AvgIpc) is 2.49. The van der Waals surface area contributed by atoms with Crippen LogP contribution in [0.1, 0.15) is 17.3 Å². The van der Waals surface area contributed by atoms with Crippen molar-refractivity contribution in [3.63, 3.8) is 0 Å². The van der Waals surface area contributed by atoms with E-state index in [0.29, 0.717) is 5.69 Å². The van der Waals surface area contributed by atoms with Crippen LogP contribution in [0, 0.1) is 0 Å². The summed E-state index contributed by atoms with van der Waals surface area (Å²) < 4.78 is 25.0. The normalized spacial score (nSPS) is 11.1.